The largest absolute Gasteiger partial charge is 0.480 e. The molecule has 0 saturated heterocycles. The molecular formula is C13H18N2O5S. The van der Waals surface area contributed by atoms with Crippen LogP contribution in [0.1, 0.15) is 6.92 Å². The van der Waals surface area contributed by atoms with Crippen LogP contribution in [0.15, 0.2) is 24.3 Å². The van der Waals surface area contributed by atoms with Gasteiger partial charge in [-0.3, -0.25) is 4.21 Å². The maximum Gasteiger partial charge on any atom is 0.341 e. The van der Waals surface area contributed by atoms with Crippen molar-refractivity contribution in [3.05, 3.63) is 24.3 Å². The predicted molar refractivity (Wildman–Crippen MR) is 80.1 cm³/mol. The second-order valence-corrected chi connectivity index (χ2v) is 5.86. The minimum Gasteiger partial charge on any atom is -0.480 e. The fourth-order valence-corrected chi connectivity index (χ4v) is 2.04. The van der Waals surface area contributed by atoms with Crippen molar-refractivity contribution in [1.29, 1.82) is 0 Å². The molecule has 0 aliphatic carbocycles. The number of rotatable bonds is 8. The number of anilines is 1. The first-order chi connectivity index (χ1) is 10.0. The van der Waals surface area contributed by atoms with Crippen molar-refractivity contribution in [2.45, 2.75) is 6.92 Å². The number of nitrogens with one attached hydrogen (secondary N) is 2. The standard InChI is InChI=1S/C13H18N2O5S/c1-2-21(19)8-7-14-13(18)15-10-5-3-4-6-11(10)20-9-12(16)17/h3-6H,2,7-9H2,1H3,(H,16,17)(H2,14,15,18). The monoisotopic (exact) mass is 314 g/mol. The normalized spacial score (nSPS) is 11.5. The smallest absolute Gasteiger partial charge is 0.341 e. The summed E-state index contributed by atoms with van der Waals surface area (Å²) in [6.45, 7) is 1.62. The summed E-state index contributed by atoms with van der Waals surface area (Å²) in [7, 11) is -0.935. The third-order valence-corrected chi connectivity index (χ3v) is 3.73. The molecular weight excluding hydrogens is 296 g/mol. The number of carbonyl (C=O) groups is 2. The Morgan fingerprint density at radius 2 is 2.05 bits per heavy atom. The van der Waals surface area contributed by atoms with Crippen LogP contribution < -0.4 is 15.4 Å². The zero-order chi connectivity index (χ0) is 15.7. The number of ether oxygens (including phenoxy) is 1. The van der Waals surface area contributed by atoms with E-state index in [1.54, 1.807) is 24.3 Å². The molecule has 0 aliphatic rings. The van der Waals surface area contributed by atoms with Gasteiger partial charge in [-0.25, -0.2) is 9.59 Å². The maximum atomic E-state index is 11.7. The van der Waals surface area contributed by atoms with E-state index in [2.05, 4.69) is 10.6 Å². The van der Waals surface area contributed by atoms with Gasteiger partial charge in [0.05, 0.1) is 5.69 Å². The highest BCUT2D eigenvalue weighted by molar-refractivity contribution is 7.84. The fourth-order valence-electron chi connectivity index (χ4n) is 1.42. The van der Waals surface area contributed by atoms with Crippen molar-refractivity contribution in [3.63, 3.8) is 0 Å². The molecule has 0 spiro atoms. The number of carboxylic acids is 1. The Kier molecular flexibility index (Phi) is 7.24. The maximum absolute atomic E-state index is 11.7. The molecule has 0 fully saturated rings. The Morgan fingerprint density at radius 3 is 2.71 bits per heavy atom. The Bertz CT molecular complexity index is 521. The molecule has 0 radical (unpaired) electrons. The lowest BCUT2D eigenvalue weighted by molar-refractivity contribution is -0.139. The molecule has 1 aromatic carbocycles. The van der Waals surface area contributed by atoms with Crippen LogP contribution in [-0.4, -0.2) is 46.0 Å². The molecule has 21 heavy (non-hydrogen) atoms. The summed E-state index contributed by atoms with van der Waals surface area (Å²) in [5, 5.41) is 13.7. The lowest BCUT2D eigenvalue weighted by Gasteiger charge is -2.11. The Hall–Kier alpha value is -2.09. The molecule has 3 N–H and O–H groups in total. The minimum atomic E-state index is -1.10. The summed E-state index contributed by atoms with van der Waals surface area (Å²) < 4.78 is 16.3. The van der Waals surface area contributed by atoms with Gasteiger partial charge in [-0.1, -0.05) is 19.1 Å². The van der Waals surface area contributed by atoms with Gasteiger partial charge in [-0.05, 0) is 12.1 Å². The summed E-state index contributed by atoms with van der Waals surface area (Å²) in [6, 6.07) is 6.06. The number of aliphatic carboxylic acids is 1. The first-order valence-electron chi connectivity index (χ1n) is 6.36. The van der Waals surface area contributed by atoms with Gasteiger partial charge >= 0.3 is 12.0 Å². The van der Waals surface area contributed by atoms with Crippen molar-refractivity contribution in [3.8, 4) is 5.75 Å². The molecule has 0 heterocycles. The number of para-hydroxylation sites is 2. The third-order valence-electron chi connectivity index (χ3n) is 2.42. The van der Waals surface area contributed by atoms with Crippen LogP contribution in [0.2, 0.25) is 0 Å². The number of hydrogen-bond acceptors (Lipinski definition) is 4. The van der Waals surface area contributed by atoms with Gasteiger partial charge in [0.15, 0.2) is 6.61 Å². The molecule has 1 aromatic rings. The summed E-state index contributed by atoms with van der Waals surface area (Å²) >= 11 is 0. The molecule has 8 heteroatoms. The molecule has 0 aromatic heterocycles. The number of urea groups is 1. The van der Waals surface area contributed by atoms with E-state index < -0.39 is 29.4 Å². The van der Waals surface area contributed by atoms with E-state index in [1.807, 2.05) is 6.92 Å². The van der Waals surface area contributed by atoms with Crippen LogP contribution in [0, 0.1) is 0 Å². The summed E-state index contributed by atoms with van der Waals surface area (Å²) in [4.78, 5) is 22.2. The van der Waals surface area contributed by atoms with E-state index in [4.69, 9.17) is 9.84 Å². The van der Waals surface area contributed by atoms with E-state index >= 15 is 0 Å². The predicted octanol–water partition coefficient (Wildman–Crippen LogP) is 1.04. The van der Waals surface area contributed by atoms with Crippen LogP contribution >= 0.6 is 0 Å². The average Bonchev–Trinajstić information content (AvgIpc) is 2.46. The van der Waals surface area contributed by atoms with E-state index in [-0.39, 0.29) is 5.75 Å². The van der Waals surface area contributed by atoms with Crippen molar-refractivity contribution in [1.82, 2.24) is 5.32 Å². The van der Waals surface area contributed by atoms with Crippen molar-refractivity contribution in [2.75, 3.05) is 30.0 Å². The van der Waals surface area contributed by atoms with Crippen LogP contribution in [0.25, 0.3) is 0 Å². The Morgan fingerprint density at radius 1 is 1.33 bits per heavy atom. The molecule has 1 rings (SSSR count). The van der Waals surface area contributed by atoms with E-state index in [1.165, 1.54) is 0 Å². The quantitative estimate of drug-likeness (QED) is 0.665. The molecule has 0 aliphatic heterocycles. The highest BCUT2D eigenvalue weighted by atomic mass is 32.2. The topological polar surface area (TPSA) is 105 Å². The molecule has 0 saturated carbocycles. The van der Waals surface area contributed by atoms with Crippen molar-refractivity contribution >= 4 is 28.5 Å². The second kappa shape index (κ2) is 8.96. The van der Waals surface area contributed by atoms with Gasteiger partial charge in [0.25, 0.3) is 0 Å². The second-order valence-electron chi connectivity index (χ2n) is 3.99. The lowest BCUT2D eigenvalue weighted by atomic mass is 10.3. The fraction of sp³-hybridized carbons (Fsp3) is 0.385. The number of benzene rings is 1. The summed E-state index contributed by atoms with van der Waals surface area (Å²) in [6.07, 6.45) is 0. The molecule has 1 atom stereocenters. The summed E-state index contributed by atoms with van der Waals surface area (Å²) in [5.41, 5.74) is 0.368. The molecule has 2 amide bonds. The van der Waals surface area contributed by atoms with Gasteiger partial charge in [0.1, 0.15) is 5.75 Å². The van der Waals surface area contributed by atoms with Crippen LogP contribution in [0.3, 0.4) is 0 Å². The van der Waals surface area contributed by atoms with Gasteiger partial charge in [-0.2, -0.15) is 0 Å². The van der Waals surface area contributed by atoms with E-state index in [9.17, 15) is 13.8 Å². The van der Waals surface area contributed by atoms with Gasteiger partial charge in [0.2, 0.25) is 0 Å². The Balaban J connectivity index is 2.51. The number of hydrogen-bond donors (Lipinski definition) is 3. The summed E-state index contributed by atoms with van der Waals surface area (Å²) in [5.74, 6) is 0.111. The lowest BCUT2D eigenvalue weighted by Crippen LogP contribution is -2.32. The SMILES string of the molecule is CCS(=O)CCNC(=O)Nc1ccccc1OCC(=O)O. The number of amides is 2. The van der Waals surface area contributed by atoms with E-state index in [0.717, 1.165) is 0 Å². The van der Waals surface area contributed by atoms with Crippen molar-refractivity contribution in [2.24, 2.45) is 0 Å². The van der Waals surface area contributed by atoms with E-state index in [0.29, 0.717) is 23.7 Å². The van der Waals surface area contributed by atoms with Gasteiger partial charge in [-0.15, -0.1) is 0 Å². The minimum absolute atomic E-state index is 0.271. The average molecular weight is 314 g/mol. The number of carbonyl (C=O) groups excluding carboxylic acids is 1. The zero-order valence-electron chi connectivity index (χ0n) is 11.6. The highest BCUT2D eigenvalue weighted by Crippen LogP contribution is 2.23. The molecule has 0 bridgehead atoms. The van der Waals surface area contributed by atoms with Crippen LogP contribution in [0.4, 0.5) is 10.5 Å². The van der Waals surface area contributed by atoms with Crippen molar-refractivity contribution < 1.29 is 23.6 Å². The highest BCUT2D eigenvalue weighted by Gasteiger charge is 2.08. The van der Waals surface area contributed by atoms with Gasteiger partial charge in [0, 0.05) is 28.9 Å². The molecule has 7 nitrogen and oxygen atoms in total. The first-order valence-corrected chi connectivity index (χ1v) is 7.85. The first kappa shape index (κ1) is 17.0. The number of carboxylic acid groups (broad SMARTS) is 1. The zero-order valence-corrected chi connectivity index (χ0v) is 12.4. The molecule has 1 unspecified atom stereocenters. The van der Waals surface area contributed by atoms with Gasteiger partial charge < -0.3 is 20.5 Å². The Labute approximate surface area is 125 Å². The third kappa shape index (κ3) is 6.75. The molecule has 116 valence electrons. The van der Waals surface area contributed by atoms with Crippen LogP contribution in [-0.2, 0) is 15.6 Å². The van der Waals surface area contributed by atoms with Crippen LogP contribution in [0.5, 0.6) is 5.75 Å².